The van der Waals surface area contributed by atoms with Crippen molar-refractivity contribution in [1.29, 1.82) is 0 Å². The highest BCUT2D eigenvalue weighted by Crippen LogP contribution is 2.66. The zero-order valence-electron chi connectivity index (χ0n) is 41.1. The minimum atomic E-state index is -0.375. The number of hydrogen-bond acceptors (Lipinski definition) is 1. The summed E-state index contributed by atoms with van der Waals surface area (Å²) < 4.78 is 6.07. The third-order valence-electron chi connectivity index (χ3n) is 14.5. The maximum absolute atomic E-state index is 6.07. The third kappa shape index (κ3) is 8.14. The first kappa shape index (κ1) is 45.0. The van der Waals surface area contributed by atoms with Crippen molar-refractivity contribution in [2.75, 3.05) is 0 Å². The van der Waals surface area contributed by atoms with Gasteiger partial charge in [0.1, 0.15) is 11.2 Å². The smallest absolute Gasteiger partial charge is 0.143 e. The summed E-state index contributed by atoms with van der Waals surface area (Å²) in [6, 6.07) is 89.1. The molecule has 13 rings (SSSR count). The number of allylic oxidation sites excluding steroid dienone is 4. The van der Waals surface area contributed by atoms with Crippen LogP contribution in [0.25, 0.3) is 72.0 Å². The molecule has 1 atom stereocenters. The normalized spacial score (nSPS) is 15.5. The van der Waals surface area contributed by atoms with Gasteiger partial charge in [0.05, 0.1) is 5.41 Å². The summed E-state index contributed by atoms with van der Waals surface area (Å²) in [6.07, 6.45) is 0. The summed E-state index contributed by atoms with van der Waals surface area (Å²) in [5.74, 6) is 0. The van der Waals surface area contributed by atoms with Crippen LogP contribution in [-0.4, -0.2) is 0 Å². The molecule has 1 unspecified atom stereocenters. The van der Waals surface area contributed by atoms with Gasteiger partial charge in [0.2, 0.25) is 0 Å². The molecule has 2 aliphatic carbocycles. The Morgan fingerprint density at radius 1 is 0.338 bits per heavy atom. The molecule has 0 N–H and O–H groups in total. The van der Waals surface area contributed by atoms with Crippen LogP contribution in [0, 0.1) is 20.8 Å². The van der Waals surface area contributed by atoms with E-state index in [1.165, 1.54) is 111 Å². The van der Waals surface area contributed by atoms with Crippen molar-refractivity contribution in [3.63, 3.8) is 0 Å². The molecule has 0 saturated heterocycles. The largest absolute Gasteiger partial charge is 0.455 e. The van der Waals surface area contributed by atoms with Crippen LogP contribution >= 0.6 is 0 Å². The van der Waals surface area contributed by atoms with Gasteiger partial charge < -0.3 is 4.42 Å². The Labute approximate surface area is 418 Å². The Hall–Kier alpha value is -8.52. The first-order valence-electron chi connectivity index (χ1n) is 24.7. The number of hydrogen-bond donors (Lipinski definition) is 0. The number of para-hydroxylation sites is 2. The Kier molecular flexibility index (Phi) is 12.1. The van der Waals surface area contributed by atoms with Gasteiger partial charge in [-0.15, -0.1) is 0 Å². The van der Waals surface area contributed by atoms with Gasteiger partial charge in [-0.2, -0.15) is 0 Å². The van der Waals surface area contributed by atoms with Crippen LogP contribution in [0.15, 0.2) is 259 Å². The van der Waals surface area contributed by atoms with Crippen LogP contribution in [0.3, 0.4) is 0 Å². The molecule has 0 radical (unpaired) electrons. The van der Waals surface area contributed by atoms with Crippen LogP contribution in [0.5, 0.6) is 0 Å². The zero-order chi connectivity index (χ0) is 48.5. The molecule has 11 aromatic rings. The lowest BCUT2D eigenvalue weighted by Gasteiger charge is -2.33. The molecule has 0 bridgehead atoms. The summed E-state index contributed by atoms with van der Waals surface area (Å²) >= 11 is 0. The van der Waals surface area contributed by atoms with Crippen molar-refractivity contribution in [2.24, 2.45) is 0 Å². The summed E-state index contributed by atoms with van der Waals surface area (Å²) in [5, 5.41) is 2.36. The Morgan fingerprint density at radius 3 is 1.46 bits per heavy atom. The SMILES string of the molecule is CC(=C1/C(=C(\C)c2ccccc2)c2ccccc2C12c1ccccc1-c1ccc(C)cc12)c1ccccc1.Cc1ccc(-c2cccc3c2oc2ccccc23)cc1.Cc1ccc(-c2ccccc2)cc1. The number of fused-ring (bicyclic) bond motifs is 10. The second kappa shape index (κ2) is 19.1. The standard InChI is InChI=1S/C38H30.C19H14O.C13H12/c1-25-22-23-31-30-18-10-12-20-33(30)38(35(31)24-25)34-21-13-11-19-32(34)36(26(2)28-14-6-4-7-15-28)37(38)27(3)29-16-8-5-9-17-29;1-13-9-11-14(12-10-13)15-6-4-7-17-16-5-2-3-8-18(16)20-19(15)17;1-11-7-9-13(10-8-11)12-5-3-2-4-6-12/h4-24H,1-3H3;2-12H,1H3;2-10H,1H3/b36-26+,37-27?;;. The van der Waals surface area contributed by atoms with Crippen molar-refractivity contribution in [1.82, 2.24) is 0 Å². The second-order valence-electron chi connectivity index (χ2n) is 19.0. The third-order valence-corrected chi connectivity index (χ3v) is 14.5. The van der Waals surface area contributed by atoms with E-state index in [9.17, 15) is 0 Å². The van der Waals surface area contributed by atoms with Gasteiger partial charge in [-0.3, -0.25) is 0 Å². The van der Waals surface area contributed by atoms with E-state index in [1.807, 2.05) is 18.2 Å². The molecule has 1 nitrogen and oxygen atoms in total. The van der Waals surface area contributed by atoms with Gasteiger partial charge in [-0.05, 0) is 124 Å². The van der Waals surface area contributed by atoms with Gasteiger partial charge in [-0.1, -0.05) is 259 Å². The summed E-state index contributed by atoms with van der Waals surface area (Å²) in [6.45, 7) is 11.1. The predicted molar refractivity (Wildman–Crippen MR) is 301 cm³/mol. The molecular formula is C70H56O. The molecule has 0 aliphatic heterocycles. The molecule has 10 aromatic carbocycles. The monoisotopic (exact) mass is 912 g/mol. The molecule has 1 heteroatoms. The minimum Gasteiger partial charge on any atom is -0.455 e. The maximum atomic E-state index is 6.07. The Balaban J connectivity index is 0.000000137. The summed E-state index contributed by atoms with van der Waals surface area (Å²) in [7, 11) is 0. The van der Waals surface area contributed by atoms with Crippen molar-refractivity contribution in [3.8, 4) is 33.4 Å². The molecule has 71 heavy (non-hydrogen) atoms. The van der Waals surface area contributed by atoms with Crippen LogP contribution in [0.4, 0.5) is 0 Å². The molecule has 342 valence electrons. The van der Waals surface area contributed by atoms with Crippen LogP contribution in [0.1, 0.15) is 63.9 Å². The summed E-state index contributed by atoms with van der Waals surface area (Å²) in [4.78, 5) is 0. The van der Waals surface area contributed by atoms with E-state index in [-0.39, 0.29) is 5.41 Å². The van der Waals surface area contributed by atoms with Gasteiger partial charge in [0.25, 0.3) is 0 Å². The van der Waals surface area contributed by atoms with Crippen LogP contribution in [0.2, 0.25) is 0 Å². The fraction of sp³-hybridized carbons (Fsp3) is 0.0857. The number of benzene rings is 10. The predicted octanol–water partition coefficient (Wildman–Crippen LogP) is 19.0. The van der Waals surface area contributed by atoms with Gasteiger partial charge in [-0.25, -0.2) is 0 Å². The first-order chi connectivity index (χ1) is 34.8. The van der Waals surface area contributed by atoms with Crippen molar-refractivity contribution >= 4 is 38.7 Å². The molecule has 1 spiro atoms. The molecule has 0 saturated carbocycles. The van der Waals surface area contributed by atoms with Crippen molar-refractivity contribution in [3.05, 3.63) is 304 Å². The zero-order valence-corrected chi connectivity index (χ0v) is 41.1. The average Bonchev–Trinajstić information content (AvgIpc) is 4.06. The van der Waals surface area contributed by atoms with Crippen molar-refractivity contribution < 1.29 is 4.42 Å². The van der Waals surface area contributed by atoms with E-state index < -0.39 is 0 Å². The molecule has 1 aromatic heterocycles. The maximum Gasteiger partial charge on any atom is 0.143 e. The highest BCUT2D eigenvalue weighted by atomic mass is 16.3. The van der Waals surface area contributed by atoms with Crippen LogP contribution in [-0.2, 0) is 5.41 Å². The van der Waals surface area contributed by atoms with E-state index in [0.29, 0.717) is 0 Å². The Morgan fingerprint density at radius 2 is 0.803 bits per heavy atom. The topological polar surface area (TPSA) is 13.1 Å². The lowest BCUT2D eigenvalue weighted by molar-refractivity contribution is 0.670. The number of rotatable bonds is 4. The number of furan rings is 1. The number of aryl methyl sites for hydroxylation is 3. The first-order valence-corrected chi connectivity index (χ1v) is 24.7. The van der Waals surface area contributed by atoms with E-state index >= 15 is 0 Å². The highest BCUT2D eigenvalue weighted by molar-refractivity contribution is 6.12. The van der Waals surface area contributed by atoms with Crippen LogP contribution < -0.4 is 0 Å². The lowest BCUT2D eigenvalue weighted by atomic mass is 9.68. The molecule has 1 heterocycles. The van der Waals surface area contributed by atoms with Gasteiger partial charge in [0.15, 0.2) is 0 Å². The second-order valence-corrected chi connectivity index (χ2v) is 19.0. The van der Waals surface area contributed by atoms with E-state index in [4.69, 9.17) is 4.42 Å². The minimum absolute atomic E-state index is 0.375. The van der Waals surface area contributed by atoms with E-state index in [2.05, 4.69) is 265 Å². The lowest BCUT2D eigenvalue weighted by Crippen LogP contribution is -2.27. The fourth-order valence-corrected chi connectivity index (χ4v) is 11.0. The van der Waals surface area contributed by atoms with E-state index in [0.717, 1.165) is 16.7 Å². The fourth-order valence-electron chi connectivity index (χ4n) is 11.0. The van der Waals surface area contributed by atoms with Crippen molar-refractivity contribution in [2.45, 2.75) is 40.0 Å². The molecule has 0 fully saturated rings. The molecule has 2 aliphatic rings. The molecular weight excluding hydrogens is 857 g/mol. The van der Waals surface area contributed by atoms with Gasteiger partial charge in [0, 0.05) is 16.3 Å². The summed E-state index contributed by atoms with van der Waals surface area (Å²) in [5.41, 5.74) is 26.5. The van der Waals surface area contributed by atoms with Gasteiger partial charge >= 0.3 is 0 Å². The highest BCUT2D eigenvalue weighted by Gasteiger charge is 2.54. The van der Waals surface area contributed by atoms with E-state index in [1.54, 1.807) is 0 Å². The molecule has 0 amide bonds. The Bertz CT molecular complexity index is 3760. The average molecular weight is 913 g/mol. The quantitative estimate of drug-likeness (QED) is 0.171.